The standard InChI is InChI=1S/C19H26FN3O3.HI/c1-5-21-18(22-10-14-6-7-17(24)16(20)9-14)23-11-19(4,25)15-8-12(2)26-13(15)3;/h6-9,24-25H,5,10-11H2,1-4H3,(H2,21,22,23);1H. The third kappa shape index (κ3) is 6.39. The first-order valence-corrected chi connectivity index (χ1v) is 8.52. The highest BCUT2D eigenvalue weighted by Crippen LogP contribution is 2.26. The average molecular weight is 491 g/mol. The van der Waals surface area contributed by atoms with E-state index in [0.717, 1.165) is 11.3 Å². The van der Waals surface area contributed by atoms with Crippen LogP contribution < -0.4 is 10.6 Å². The van der Waals surface area contributed by atoms with Gasteiger partial charge in [0.15, 0.2) is 17.5 Å². The largest absolute Gasteiger partial charge is 0.505 e. The van der Waals surface area contributed by atoms with Crippen LogP contribution in [0.25, 0.3) is 0 Å². The number of guanidine groups is 1. The number of phenolic OH excluding ortho intramolecular Hbond substituents is 1. The normalized spacial score (nSPS) is 13.6. The van der Waals surface area contributed by atoms with E-state index in [4.69, 9.17) is 4.42 Å². The van der Waals surface area contributed by atoms with E-state index in [1.54, 1.807) is 13.0 Å². The zero-order chi connectivity index (χ0) is 19.3. The van der Waals surface area contributed by atoms with Crippen LogP contribution in [0, 0.1) is 19.7 Å². The number of hydrogen-bond donors (Lipinski definition) is 4. The Morgan fingerprint density at radius 3 is 2.52 bits per heavy atom. The van der Waals surface area contributed by atoms with Crippen LogP contribution in [-0.2, 0) is 12.1 Å². The first-order chi connectivity index (χ1) is 12.2. The Hall–Kier alpha value is -1.81. The van der Waals surface area contributed by atoms with Crippen molar-refractivity contribution in [1.82, 2.24) is 10.6 Å². The molecule has 1 aromatic heterocycles. The molecule has 6 nitrogen and oxygen atoms in total. The number of benzene rings is 1. The minimum atomic E-state index is -1.14. The van der Waals surface area contributed by atoms with Crippen LogP contribution in [0.5, 0.6) is 5.75 Å². The van der Waals surface area contributed by atoms with Crippen molar-refractivity contribution in [2.75, 3.05) is 13.1 Å². The van der Waals surface area contributed by atoms with Crippen molar-refractivity contribution in [3.63, 3.8) is 0 Å². The molecule has 2 rings (SSSR count). The van der Waals surface area contributed by atoms with Crippen LogP contribution in [0.15, 0.2) is 33.7 Å². The SMILES string of the molecule is CCNC(=NCc1ccc(O)c(F)c1)NCC(C)(O)c1cc(C)oc1C.I. The highest BCUT2D eigenvalue weighted by molar-refractivity contribution is 14.0. The van der Waals surface area contributed by atoms with E-state index in [-0.39, 0.29) is 42.8 Å². The lowest BCUT2D eigenvalue weighted by Crippen LogP contribution is -2.44. The van der Waals surface area contributed by atoms with Crippen molar-refractivity contribution < 1.29 is 19.0 Å². The zero-order valence-electron chi connectivity index (χ0n) is 16.0. The molecule has 2 aromatic rings. The number of nitrogens with one attached hydrogen (secondary N) is 2. The van der Waals surface area contributed by atoms with Crippen molar-refractivity contribution >= 4 is 29.9 Å². The molecular weight excluding hydrogens is 464 g/mol. The molecule has 0 aliphatic rings. The molecule has 1 unspecified atom stereocenters. The number of aryl methyl sites for hydroxylation is 2. The van der Waals surface area contributed by atoms with Gasteiger partial charge in [-0.15, -0.1) is 24.0 Å². The number of aliphatic imine (C=N–C) groups is 1. The highest BCUT2D eigenvalue weighted by Gasteiger charge is 2.27. The fraction of sp³-hybridized carbons (Fsp3) is 0.421. The molecule has 8 heteroatoms. The van der Waals surface area contributed by atoms with Gasteiger partial charge in [0.05, 0.1) is 13.1 Å². The molecule has 1 aromatic carbocycles. The minimum Gasteiger partial charge on any atom is -0.505 e. The molecule has 0 aliphatic heterocycles. The molecular formula is C19H27FIN3O3. The van der Waals surface area contributed by atoms with Crippen LogP contribution >= 0.6 is 24.0 Å². The fourth-order valence-corrected chi connectivity index (χ4v) is 2.68. The first kappa shape index (κ1) is 23.2. The second kappa shape index (κ2) is 9.93. The molecule has 1 atom stereocenters. The number of hydrogen-bond acceptors (Lipinski definition) is 4. The molecule has 0 spiro atoms. The van der Waals surface area contributed by atoms with Crippen LogP contribution in [0.4, 0.5) is 4.39 Å². The van der Waals surface area contributed by atoms with Gasteiger partial charge >= 0.3 is 0 Å². The van der Waals surface area contributed by atoms with Crippen molar-refractivity contribution in [1.29, 1.82) is 0 Å². The van der Waals surface area contributed by atoms with Crippen molar-refractivity contribution in [2.24, 2.45) is 4.99 Å². The Morgan fingerprint density at radius 2 is 1.96 bits per heavy atom. The summed E-state index contributed by atoms with van der Waals surface area (Å²) < 4.78 is 18.9. The zero-order valence-corrected chi connectivity index (χ0v) is 18.3. The molecule has 0 aliphatic carbocycles. The summed E-state index contributed by atoms with van der Waals surface area (Å²) in [6.07, 6.45) is 0. The minimum absolute atomic E-state index is 0. The summed E-state index contributed by atoms with van der Waals surface area (Å²) in [5, 5.41) is 26.2. The number of rotatable bonds is 6. The van der Waals surface area contributed by atoms with Gasteiger partial charge in [-0.1, -0.05) is 6.07 Å². The highest BCUT2D eigenvalue weighted by atomic mass is 127. The molecule has 4 N–H and O–H groups in total. The van der Waals surface area contributed by atoms with Gasteiger partial charge in [-0.05, 0) is 51.5 Å². The van der Waals surface area contributed by atoms with Gasteiger partial charge in [-0.2, -0.15) is 0 Å². The Kier molecular flexibility index (Phi) is 8.55. The quantitative estimate of drug-likeness (QED) is 0.283. The second-order valence-corrected chi connectivity index (χ2v) is 6.44. The van der Waals surface area contributed by atoms with E-state index in [1.807, 2.05) is 26.8 Å². The maximum Gasteiger partial charge on any atom is 0.191 e. The molecule has 0 amide bonds. The van der Waals surface area contributed by atoms with E-state index < -0.39 is 11.4 Å². The topological polar surface area (TPSA) is 90.0 Å². The summed E-state index contributed by atoms with van der Waals surface area (Å²) >= 11 is 0. The van der Waals surface area contributed by atoms with E-state index in [2.05, 4.69) is 15.6 Å². The number of halogens is 2. The molecule has 27 heavy (non-hydrogen) atoms. The van der Waals surface area contributed by atoms with Gasteiger partial charge in [0.1, 0.15) is 17.1 Å². The Bertz CT molecular complexity index is 791. The van der Waals surface area contributed by atoms with E-state index in [9.17, 15) is 14.6 Å². The summed E-state index contributed by atoms with van der Waals surface area (Å²) in [6.45, 7) is 8.38. The van der Waals surface area contributed by atoms with Gasteiger partial charge in [-0.25, -0.2) is 9.38 Å². The smallest absolute Gasteiger partial charge is 0.191 e. The summed E-state index contributed by atoms with van der Waals surface area (Å²) in [7, 11) is 0. The molecule has 0 saturated heterocycles. The van der Waals surface area contributed by atoms with Crippen molar-refractivity contribution in [2.45, 2.75) is 39.8 Å². The van der Waals surface area contributed by atoms with Crippen LogP contribution in [0.3, 0.4) is 0 Å². The average Bonchev–Trinajstić information content (AvgIpc) is 2.92. The molecule has 0 radical (unpaired) electrons. The predicted octanol–water partition coefficient (Wildman–Crippen LogP) is 3.32. The summed E-state index contributed by atoms with van der Waals surface area (Å²) in [4.78, 5) is 4.39. The monoisotopic (exact) mass is 491 g/mol. The predicted molar refractivity (Wildman–Crippen MR) is 114 cm³/mol. The van der Waals surface area contributed by atoms with Gasteiger partial charge in [0.25, 0.3) is 0 Å². The Balaban J connectivity index is 0.00000364. The number of aliphatic hydroxyl groups is 1. The fourth-order valence-electron chi connectivity index (χ4n) is 2.68. The lowest BCUT2D eigenvalue weighted by atomic mass is 9.96. The van der Waals surface area contributed by atoms with Crippen molar-refractivity contribution in [3.8, 4) is 5.75 Å². The maximum atomic E-state index is 13.4. The van der Waals surface area contributed by atoms with Gasteiger partial charge < -0.3 is 25.3 Å². The van der Waals surface area contributed by atoms with E-state index in [0.29, 0.717) is 23.8 Å². The van der Waals surface area contributed by atoms with Crippen LogP contribution in [-0.4, -0.2) is 29.3 Å². The Morgan fingerprint density at radius 1 is 1.26 bits per heavy atom. The second-order valence-electron chi connectivity index (χ2n) is 6.44. The van der Waals surface area contributed by atoms with Gasteiger partial charge in [0, 0.05) is 12.1 Å². The van der Waals surface area contributed by atoms with E-state index >= 15 is 0 Å². The molecule has 1 heterocycles. The summed E-state index contributed by atoms with van der Waals surface area (Å²) in [5.74, 6) is 0.858. The third-order valence-electron chi connectivity index (χ3n) is 4.00. The molecule has 0 saturated carbocycles. The van der Waals surface area contributed by atoms with Crippen molar-refractivity contribution in [3.05, 3.63) is 52.7 Å². The first-order valence-electron chi connectivity index (χ1n) is 8.52. The third-order valence-corrected chi connectivity index (χ3v) is 4.00. The van der Waals surface area contributed by atoms with E-state index in [1.165, 1.54) is 12.1 Å². The number of aromatic hydroxyl groups is 1. The Labute approximate surface area is 175 Å². The summed E-state index contributed by atoms with van der Waals surface area (Å²) in [5.41, 5.74) is 0.215. The lowest BCUT2D eigenvalue weighted by Gasteiger charge is -2.24. The van der Waals surface area contributed by atoms with Crippen LogP contribution in [0.2, 0.25) is 0 Å². The number of phenols is 1. The molecule has 0 bridgehead atoms. The van der Waals surface area contributed by atoms with Gasteiger partial charge in [0.2, 0.25) is 0 Å². The number of furan rings is 1. The lowest BCUT2D eigenvalue weighted by molar-refractivity contribution is 0.0601. The maximum absolute atomic E-state index is 13.4. The number of nitrogens with zero attached hydrogens (tertiary/aromatic N) is 1. The molecule has 150 valence electrons. The van der Waals surface area contributed by atoms with Crippen LogP contribution in [0.1, 0.15) is 36.5 Å². The van der Waals surface area contributed by atoms with Gasteiger partial charge in [-0.3, -0.25) is 0 Å². The summed E-state index contributed by atoms with van der Waals surface area (Å²) in [6, 6.07) is 5.98. The molecule has 0 fully saturated rings.